The van der Waals surface area contributed by atoms with E-state index >= 15 is 0 Å². The first kappa shape index (κ1) is 24.3. The van der Waals surface area contributed by atoms with Gasteiger partial charge in [0.15, 0.2) is 12.6 Å². The summed E-state index contributed by atoms with van der Waals surface area (Å²) >= 11 is 1.78. The molecule has 7 atom stereocenters. The Balaban J connectivity index is 1.48. The fraction of sp³-hybridized carbons (Fsp3) is 0.800. The third-order valence-electron chi connectivity index (χ3n) is 7.11. The molecule has 6 nitrogen and oxygen atoms in total. The van der Waals surface area contributed by atoms with Gasteiger partial charge in [0, 0.05) is 36.9 Å². The molecule has 4 rings (SSSR count). The molecule has 0 radical (unpaired) electrons. The summed E-state index contributed by atoms with van der Waals surface area (Å²) < 4.78 is 24.7. The summed E-state index contributed by atoms with van der Waals surface area (Å²) in [6.45, 7) is 1.45. The first-order valence-electron chi connectivity index (χ1n) is 12.4. The van der Waals surface area contributed by atoms with Gasteiger partial charge in [0.2, 0.25) is 0 Å². The highest BCUT2D eigenvalue weighted by atomic mass is 32.1. The van der Waals surface area contributed by atoms with E-state index in [1.807, 2.05) is 0 Å². The Kier molecular flexibility index (Phi) is 9.55. The summed E-state index contributed by atoms with van der Waals surface area (Å²) in [6.07, 6.45) is 9.47. The van der Waals surface area contributed by atoms with Crippen molar-refractivity contribution >= 4 is 17.6 Å². The summed E-state index contributed by atoms with van der Waals surface area (Å²) in [5, 5.41) is 13.0. The van der Waals surface area contributed by atoms with Crippen molar-refractivity contribution in [3.63, 3.8) is 0 Å². The first-order chi connectivity index (χ1) is 15.7. The molecule has 0 amide bonds. The Hall–Kier alpha value is -0.830. The molecule has 3 fully saturated rings. The summed E-state index contributed by atoms with van der Waals surface area (Å²) in [7, 11) is 0. The van der Waals surface area contributed by atoms with Gasteiger partial charge in [-0.3, -0.25) is 0 Å². The maximum atomic E-state index is 11.5. The predicted octanol–water partition coefficient (Wildman–Crippen LogP) is 4.48. The van der Waals surface area contributed by atoms with Crippen LogP contribution in [0.4, 0.5) is 0 Å². The van der Waals surface area contributed by atoms with Crippen molar-refractivity contribution in [3.05, 3.63) is 22.4 Å². The van der Waals surface area contributed by atoms with E-state index in [0.29, 0.717) is 12.8 Å². The Morgan fingerprint density at radius 2 is 1.94 bits per heavy atom. The van der Waals surface area contributed by atoms with Crippen molar-refractivity contribution in [1.82, 2.24) is 0 Å². The van der Waals surface area contributed by atoms with Crippen LogP contribution in [0.1, 0.15) is 69.1 Å². The number of aliphatic hydroxyl groups excluding tert-OH is 1. The smallest absolute Gasteiger partial charge is 0.157 e. The molecule has 180 valence electrons. The Morgan fingerprint density at radius 3 is 2.59 bits per heavy atom. The maximum Gasteiger partial charge on any atom is 0.157 e. The molecule has 32 heavy (non-hydrogen) atoms. The highest BCUT2D eigenvalue weighted by molar-refractivity contribution is 7.09. The molecule has 1 aliphatic carbocycles. The van der Waals surface area contributed by atoms with Crippen LogP contribution in [0, 0.1) is 11.8 Å². The van der Waals surface area contributed by atoms with Crippen LogP contribution in [-0.2, 0) is 30.2 Å². The Bertz CT molecular complexity index is 655. The molecule has 3 aliphatic rings. The zero-order chi connectivity index (χ0) is 22.2. The van der Waals surface area contributed by atoms with Gasteiger partial charge in [0.25, 0.3) is 0 Å². The lowest BCUT2D eigenvalue weighted by Crippen LogP contribution is -2.41. The lowest BCUT2D eigenvalue weighted by molar-refractivity contribution is -0.232. The van der Waals surface area contributed by atoms with Gasteiger partial charge in [-0.2, -0.15) is 0 Å². The van der Waals surface area contributed by atoms with E-state index in [2.05, 4.69) is 17.5 Å². The van der Waals surface area contributed by atoms with E-state index in [9.17, 15) is 9.90 Å². The van der Waals surface area contributed by atoms with E-state index < -0.39 is 6.10 Å². The molecule has 0 aromatic carbocycles. The van der Waals surface area contributed by atoms with Crippen molar-refractivity contribution < 1.29 is 28.8 Å². The number of carbonyl (C=O) groups excluding carboxylic acids is 1. The van der Waals surface area contributed by atoms with Crippen molar-refractivity contribution in [3.8, 4) is 0 Å². The molecular weight excluding hydrogens is 428 g/mol. The van der Waals surface area contributed by atoms with Crippen LogP contribution in [0.5, 0.6) is 0 Å². The molecule has 7 heteroatoms. The van der Waals surface area contributed by atoms with Crippen molar-refractivity contribution in [1.29, 1.82) is 0 Å². The Labute approximate surface area is 195 Å². The summed E-state index contributed by atoms with van der Waals surface area (Å²) in [6, 6.07) is 4.26. The molecule has 0 spiro atoms. The third-order valence-corrected chi connectivity index (χ3v) is 8.05. The van der Waals surface area contributed by atoms with E-state index in [1.54, 1.807) is 11.3 Å². The quantitative estimate of drug-likeness (QED) is 0.485. The fourth-order valence-electron chi connectivity index (χ4n) is 5.50. The number of rotatable bonds is 11. The highest BCUT2D eigenvalue weighted by Gasteiger charge is 2.48. The number of thiophene rings is 1. The van der Waals surface area contributed by atoms with Crippen LogP contribution >= 0.6 is 11.3 Å². The number of carbonyl (C=O) groups is 1. The van der Waals surface area contributed by atoms with Crippen LogP contribution in [0.25, 0.3) is 0 Å². The first-order valence-corrected chi connectivity index (χ1v) is 13.3. The number of hydrogen-bond donors (Lipinski definition) is 1. The Morgan fingerprint density at radius 1 is 1.16 bits per heavy atom. The standard InChI is InChI=1S/C25H38O6S/c26-13-12-19-20(27)17-22(31-24-11-2-4-15-29-24)25(19)21(30-23-10-1-3-14-28-23)9-5-7-18-8-6-16-32-18/h6,8,13,16,19-25,27H,1-5,7,9-12,14-15,17H2/t19?,20-,21-,22+,23?,24?,25-/m0/s1. The zero-order valence-electron chi connectivity index (χ0n) is 18.9. The minimum absolute atomic E-state index is 0.0467. The van der Waals surface area contributed by atoms with Gasteiger partial charge in [-0.15, -0.1) is 11.3 Å². The predicted molar refractivity (Wildman–Crippen MR) is 122 cm³/mol. The van der Waals surface area contributed by atoms with Gasteiger partial charge in [0.1, 0.15) is 6.29 Å². The number of aldehydes is 1. The average Bonchev–Trinajstić information content (AvgIpc) is 3.43. The molecule has 3 unspecified atom stereocenters. The van der Waals surface area contributed by atoms with Gasteiger partial charge < -0.3 is 28.8 Å². The van der Waals surface area contributed by atoms with E-state index in [1.165, 1.54) is 4.88 Å². The SMILES string of the molecule is O=CCC1[C@@H]([C@H](CCCc2cccs2)OC2CCCCO2)[C@H](OC2CCCCO2)C[C@@H]1O. The number of aryl methyl sites for hydroxylation is 1. The van der Waals surface area contributed by atoms with Crippen LogP contribution < -0.4 is 0 Å². The molecular formula is C25H38O6S. The monoisotopic (exact) mass is 466 g/mol. The molecule has 1 N–H and O–H groups in total. The van der Waals surface area contributed by atoms with Gasteiger partial charge in [-0.1, -0.05) is 6.07 Å². The minimum Gasteiger partial charge on any atom is -0.393 e. The molecule has 3 heterocycles. The van der Waals surface area contributed by atoms with Crippen molar-refractivity contribution in [2.45, 2.75) is 102 Å². The molecule has 1 aromatic rings. The maximum absolute atomic E-state index is 11.5. The number of hydrogen-bond acceptors (Lipinski definition) is 7. The largest absolute Gasteiger partial charge is 0.393 e. The highest BCUT2D eigenvalue weighted by Crippen LogP contribution is 2.42. The van der Waals surface area contributed by atoms with E-state index in [4.69, 9.17) is 18.9 Å². The van der Waals surface area contributed by atoms with Crippen LogP contribution in [0.3, 0.4) is 0 Å². The lowest BCUT2D eigenvalue weighted by Gasteiger charge is -2.37. The summed E-state index contributed by atoms with van der Waals surface area (Å²) in [4.78, 5) is 12.9. The van der Waals surface area contributed by atoms with E-state index in [-0.39, 0.29) is 36.6 Å². The molecule has 0 bridgehead atoms. The van der Waals surface area contributed by atoms with Crippen LogP contribution in [0.15, 0.2) is 17.5 Å². The fourth-order valence-corrected chi connectivity index (χ4v) is 6.25. The van der Waals surface area contributed by atoms with Crippen molar-refractivity contribution in [2.75, 3.05) is 13.2 Å². The molecule has 2 aliphatic heterocycles. The van der Waals surface area contributed by atoms with Gasteiger partial charge >= 0.3 is 0 Å². The summed E-state index contributed by atoms with van der Waals surface area (Å²) in [5.74, 6) is -0.203. The zero-order valence-corrected chi connectivity index (χ0v) is 19.8. The minimum atomic E-state index is -0.561. The van der Waals surface area contributed by atoms with Gasteiger partial charge in [-0.25, -0.2) is 0 Å². The van der Waals surface area contributed by atoms with Gasteiger partial charge in [0.05, 0.1) is 18.3 Å². The molecule has 1 saturated carbocycles. The molecule has 2 saturated heterocycles. The normalized spacial score (nSPS) is 34.4. The van der Waals surface area contributed by atoms with Crippen molar-refractivity contribution in [2.24, 2.45) is 11.8 Å². The third kappa shape index (κ3) is 6.61. The van der Waals surface area contributed by atoms with Crippen LogP contribution in [-0.4, -0.2) is 55.5 Å². The summed E-state index contributed by atoms with van der Waals surface area (Å²) in [5.41, 5.74) is 0. The molecule has 1 aromatic heterocycles. The number of ether oxygens (including phenoxy) is 4. The number of aliphatic hydroxyl groups is 1. The topological polar surface area (TPSA) is 74.2 Å². The second-order valence-electron chi connectivity index (χ2n) is 9.36. The van der Waals surface area contributed by atoms with Gasteiger partial charge in [-0.05, 0) is 75.2 Å². The van der Waals surface area contributed by atoms with E-state index in [0.717, 1.165) is 77.3 Å². The lowest BCUT2D eigenvalue weighted by atomic mass is 9.84. The average molecular weight is 467 g/mol. The van der Waals surface area contributed by atoms with Crippen LogP contribution in [0.2, 0.25) is 0 Å². The second-order valence-corrected chi connectivity index (χ2v) is 10.4. The second kappa shape index (κ2) is 12.6.